The van der Waals surface area contributed by atoms with Crippen LogP contribution in [0, 0.1) is 0 Å². The van der Waals surface area contributed by atoms with Crippen LogP contribution < -0.4 is 5.73 Å². The zero-order valence-corrected chi connectivity index (χ0v) is 7.66. The summed E-state index contributed by atoms with van der Waals surface area (Å²) in [6.45, 7) is 0. The zero-order valence-electron chi connectivity index (χ0n) is 6.09. The molecule has 2 rings (SSSR count). The first-order chi connectivity index (χ1) is 5.25. The quantitative estimate of drug-likeness (QED) is 0.719. The molecule has 0 unspecified atom stereocenters. The number of halogens is 1. The molecule has 1 aliphatic carbocycles. The Morgan fingerprint density at radius 3 is 2.64 bits per heavy atom. The van der Waals surface area contributed by atoms with Crippen molar-refractivity contribution in [3.8, 4) is 0 Å². The molecule has 3 heteroatoms. The fourth-order valence-electron chi connectivity index (χ4n) is 1.44. The van der Waals surface area contributed by atoms with Gasteiger partial charge in [-0.1, -0.05) is 11.6 Å². The second-order valence-corrected chi connectivity index (χ2v) is 4.82. The molecule has 0 amide bonds. The van der Waals surface area contributed by atoms with Crippen molar-refractivity contribution in [1.29, 1.82) is 0 Å². The van der Waals surface area contributed by atoms with Crippen molar-refractivity contribution in [1.82, 2.24) is 0 Å². The molecule has 2 N–H and O–H groups in total. The summed E-state index contributed by atoms with van der Waals surface area (Å²) in [6.07, 6.45) is 2.27. The minimum absolute atomic E-state index is 0.431. The normalized spacial score (nSPS) is 30.0. The van der Waals surface area contributed by atoms with Crippen LogP contribution in [0.25, 0.3) is 0 Å². The van der Waals surface area contributed by atoms with E-state index < -0.39 is 0 Å². The summed E-state index contributed by atoms with van der Waals surface area (Å²) in [4.78, 5) is 1.40. The maximum absolute atomic E-state index is 5.81. The lowest BCUT2D eigenvalue weighted by Crippen LogP contribution is -2.34. The topological polar surface area (TPSA) is 26.0 Å². The molecule has 0 aliphatic heterocycles. The van der Waals surface area contributed by atoms with Gasteiger partial charge in [0.15, 0.2) is 0 Å². The largest absolute Gasteiger partial charge is 0.328 e. The third-order valence-corrected chi connectivity index (χ3v) is 3.56. The van der Waals surface area contributed by atoms with Crippen LogP contribution in [-0.4, -0.2) is 6.04 Å². The van der Waals surface area contributed by atoms with Gasteiger partial charge in [-0.25, -0.2) is 0 Å². The van der Waals surface area contributed by atoms with E-state index in [0.717, 1.165) is 17.2 Å². The molecule has 11 heavy (non-hydrogen) atoms. The summed E-state index contributed by atoms with van der Waals surface area (Å²) in [5, 5.41) is 0. The molecule has 1 fully saturated rings. The Hall–Kier alpha value is -0.0500. The van der Waals surface area contributed by atoms with Crippen LogP contribution in [0.4, 0.5) is 0 Å². The van der Waals surface area contributed by atoms with Gasteiger partial charge in [0.25, 0.3) is 0 Å². The highest BCUT2D eigenvalue weighted by Gasteiger charge is 2.28. The van der Waals surface area contributed by atoms with Gasteiger partial charge in [-0.05, 0) is 30.9 Å². The van der Waals surface area contributed by atoms with Gasteiger partial charge in [0.2, 0.25) is 0 Å². The third-order valence-electron chi connectivity index (χ3n) is 2.17. The minimum atomic E-state index is 0.431. The molecule has 60 valence electrons. The SMILES string of the molecule is NC1CC(c2ccc(Cl)s2)C1. The van der Waals surface area contributed by atoms with Crippen molar-refractivity contribution in [3.63, 3.8) is 0 Å². The summed E-state index contributed by atoms with van der Waals surface area (Å²) in [7, 11) is 0. The Labute approximate surface area is 75.2 Å². The average molecular weight is 188 g/mol. The molecule has 0 radical (unpaired) electrons. The van der Waals surface area contributed by atoms with Crippen LogP contribution in [0.1, 0.15) is 23.6 Å². The predicted octanol–water partition coefficient (Wildman–Crippen LogP) is 2.61. The minimum Gasteiger partial charge on any atom is -0.328 e. The fraction of sp³-hybridized carbons (Fsp3) is 0.500. The molecule has 0 bridgehead atoms. The monoisotopic (exact) mass is 187 g/mol. The van der Waals surface area contributed by atoms with Crippen molar-refractivity contribution >= 4 is 22.9 Å². The standard InChI is InChI=1S/C8H10ClNS/c9-8-2-1-7(11-8)5-3-6(10)4-5/h1-2,5-6H,3-4,10H2. The first-order valence-electron chi connectivity index (χ1n) is 3.76. The number of hydrogen-bond donors (Lipinski definition) is 1. The lowest BCUT2D eigenvalue weighted by atomic mass is 9.80. The maximum Gasteiger partial charge on any atom is 0.0931 e. The van der Waals surface area contributed by atoms with E-state index in [-0.39, 0.29) is 0 Å². The van der Waals surface area contributed by atoms with Crippen LogP contribution in [0.2, 0.25) is 4.34 Å². The first kappa shape index (κ1) is 7.59. The van der Waals surface area contributed by atoms with Gasteiger partial charge in [-0.2, -0.15) is 0 Å². The van der Waals surface area contributed by atoms with Crippen molar-refractivity contribution in [2.24, 2.45) is 5.73 Å². The molecule has 1 nitrogen and oxygen atoms in total. The van der Waals surface area contributed by atoms with Gasteiger partial charge in [0, 0.05) is 10.9 Å². The molecular weight excluding hydrogens is 178 g/mol. The second-order valence-electron chi connectivity index (χ2n) is 3.07. The highest BCUT2D eigenvalue weighted by molar-refractivity contribution is 7.16. The molecule has 0 spiro atoms. The van der Waals surface area contributed by atoms with Crippen LogP contribution in [0.3, 0.4) is 0 Å². The highest BCUT2D eigenvalue weighted by atomic mass is 35.5. The molecule has 1 heterocycles. The number of hydrogen-bond acceptors (Lipinski definition) is 2. The molecule has 0 atom stereocenters. The van der Waals surface area contributed by atoms with Gasteiger partial charge < -0.3 is 5.73 Å². The van der Waals surface area contributed by atoms with Crippen molar-refractivity contribution in [2.45, 2.75) is 24.8 Å². The van der Waals surface area contributed by atoms with Crippen molar-refractivity contribution in [3.05, 3.63) is 21.3 Å². The van der Waals surface area contributed by atoms with Gasteiger partial charge >= 0.3 is 0 Å². The lowest BCUT2D eigenvalue weighted by Gasteiger charge is -2.31. The van der Waals surface area contributed by atoms with Crippen LogP contribution >= 0.6 is 22.9 Å². The Morgan fingerprint density at radius 2 is 2.18 bits per heavy atom. The fourth-order valence-corrected chi connectivity index (χ4v) is 2.63. The summed E-state index contributed by atoms with van der Waals surface area (Å²) in [5.41, 5.74) is 5.68. The van der Waals surface area contributed by atoms with E-state index in [1.165, 1.54) is 4.88 Å². The molecule has 0 saturated heterocycles. The Bertz CT molecular complexity index is 252. The third kappa shape index (κ3) is 1.43. The van der Waals surface area contributed by atoms with Crippen LogP contribution in [-0.2, 0) is 0 Å². The van der Waals surface area contributed by atoms with E-state index >= 15 is 0 Å². The average Bonchev–Trinajstić information content (AvgIpc) is 2.29. The van der Waals surface area contributed by atoms with Gasteiger partial charge in [-0.3, -0.25) is 0 Å². The molecule has 0 aromatic carbocycles. The maximum atomic E-state index is 5.81. The Balaban J connectivity index is 2.07. The zero-order chi connectivity index (χ0) is 7.84. The van der Waals surface area contributed by atoms with Gasteiger partial charge in [0.1, 0.15) is 0 Å². The van der Waals surface area contributed by atoms with Crippen molar-refractivity contribution < 1.29 is 0 Å². The van der Waals surface area contributed by atoms with E-state index in [4.69, 9.17) is 17.3 Å². The van der Waals surface area contributed by atoms with Crippen molar-refractivity contribution in [2.75, 3.05) is 0 Å². The summed E-state index contributed by atoms with van der Waals surface area (Å²) < 4.78 is 0.889. The van der Waals surface area contributed by atoms with Crippen LogP contribution in [0.5, 0.6) is 0 Å². The number of nitrogens with two attached hydrogens (primary N) is 1. The lowest BCUT2D eigenvalue weighted by molar-refractivity contribution is 0.356. The smallest absolute Gasteiger partial charge is 0.0931 e. The molecular formula is C8H10ClNS. The first-order valence-corrected chi connectivity index (χ1v) is 4.96. The Morgan fingerprint density at radius 1 is 1.45 bits per heavy atom. The Kier molecular flexibility index (Phi) is 1.91. The predicted molar refractivity (Wildman–Crippen MR) is 49.3 cm³/mol. The second kappa shape index (κ2) is 2.77. The molecule has 1 aromatic heterocycles. The number of rotatable bonds is 1. The summed E-state index contributed by atoms with van der Waals surface area (Å²) >= 11 is 7.49. The highest BCUT2D eigenvalue weighted by Crippen LogP contribution is 2.40. The molecule has 1 saturated carbocycles. The van der Waals surface area contributed by atoms with E-state index in [9.17, 15) is 0 Å². The number of thiophene rings is 1. The van der Waals surface area contributed by atoms with E-state index in [0.29, 0.717) is 12.0 Å². The van der Waals surface area contributed by atoms with Gasteiger partial charge in [-0.15, -0.1) is 11.3 Å². The summed E-state index contributed by atoms with van der Waals surface area (Å²) in [5.74, 6) is 0.697. The molecule has 1 aromatic rings. The van der Waals surface area contributed by atoms with E-state index in [1.807, 2.05) is 6.07 Å². The van der Waals surface area contributed by atoms with E-state index in [1.54, 1.807) is 11.3 Å². The van der Waals surface area contributed by atoms with E-state index in [2.05, 4.69) is 6.07 Å². The van der Waals surface area contributed by atoms with Gasteiger partial charge in [0.05, 0.1) is 4.34 Å². The molecule has 1 aliphatic rings. The van der Waals surface area contributed by atoms with Crippen LogP contribution in [0.15, 0.2) is 12.1 Å². The summed E-state index contributed by atoms with van der Waals surface area (Å²) in [6, 6.07) is 4.51.